The third-order valence-corrected chi connectivity index (χ3v) is 3.19. The minimum Gasteiger partial charge on any atom is -0.490 e. The Balaban J connectivity index is 2.62. The Morgan fingerprint density at radius 3 is 2.61 bits per heavy atom. The molecule has 2 atom stereocenters. The molecule has 0 radical (unpaired) electrons. The van der Waals surface area contributed by atoms with Crippen molar-refractivity contribution in [1.82, 2.24) is 5.32 Å². The maximum atomic E-state index is 13.8. The first-order valence-electron chi connectivity index (χ1n) is 6.68. The van der Waals surface area contributed by atoms with E-state index in [2.05, 4.69) is 19.2 Å². The zero-order chi connectivity index (χ0) is 13.5. The van der Waals surface area contributed by atoms with Crippen molar-refractivity contribution in [3.63, 3.8) is 0 Å². The van der Waals surface area contributed by atoms with Crippen molar-refractivity contribution in [2.24, 2.45) is 5.92 Å². The molecule has 0 aliphatic carbocycles. The maximum absolute atomic E-state index is 13.8. The Labute approximate surface area is 110 Å². The molecule has 1 N–H and O–H groups in total. The Morgan fingerprint density at radius 2 is 2.06 bits per heavy atom. The molecule has 18 heavy (non-hydrogen) atoms. The molecule has 2 unspecified atom stereocenters. The van der Waals surface area contributed by atoms with Gasteiger partial charge in [-0.2, -0.15) is 0 Å². The van der Waals surface area contributed by atoms with Gasteiger partial charge in [0.1, 0.15) is 0 Å². The van der Waals surface area contributed by atoms with Crippen LogP contribution in [-0.2, 0) is 0 Å². The summed E-state index contributed by atoms with van der Waals surface area (Å²) in [5, 5.41) is 3.09. The molecule has 0 heterocycles. The number of hydrogen-bond donors (Lipinski definition) is 1. The molecule has 102 valence electrons. The maximum Gasteiger partial charge on any atom is 0.165 e. The third kappa shape index (κ3) is 4.30. The molecule has 0 aromatic heterocycles. The topological polar surface area (TPSA) is 21.3 Å². The van der Waals surface area contributed by atoms with Crippen LogP contribution in [0.1, 0.15) is 45.2 Å². The second-order valence-corrected chi connectivity index (χ2v) is 4.91. The number of nitrogens with one attached hydrogen (secondary N) is 1. The minimum absolute atomic E-state index is 0.146. The Morgan fingerprint density at radius 1 is 1.33 bits per heavy atom. The molecule has 1 aromatic carbocycles. The lowest BCUT2D eigenvalue weighted by Crippen LogP contribution is -2.13. The van der Waals surface area contributed by atoms with Crippen molar-refractivity contribution in [2.75, 3.05) is 13.7 Å². The lowest BCUT2D eigenvalue weighted by atomic mass is 10.1. The predicted molar refractivity (Wildman–Crippen MR) is 73.4 cm³/mol. The van der Waals surface area contributed by atoms with Gasteiger partial charge in [0, 0.05) is 6.04 Å². The number of hydrogen-bond acceptors (Lipinski definition) is 2. The highest BCUT2D eigenvalue weighted by atomic mass is 19.1. The summed E-state index contributed by atoms with van der Waals surface area (Å²) in [5.41, 5.74) is 0.934. The summed E-state index contributed by atoms with van der Waals surface area (Å²) in [6.07, 6.45) is 2.24. The van der Waals surface area contributed by atoms with E-state index in [-0.39, 0.29) is 11.9 Å². The fourth-order valence-electron chi connectivity index (χ4n) is 1.88. The lowest BCUT2D eigenvalue weighted by molar-refractivity contribution is 0.241. The molecule has 1 rings (SSSR count). The van der Waals surface area contributed by atoms with Gasteiger partial charge in [-0.3, -0.25) is 0 Å². The number of benzene rings is 1. The smallest absolute Gasteiger partial charge is 0.165 e. The number of rotatable bonds is 7. The summed E-state index contributed by atoms with van der Waals surface area (Å²) in [6, 6.07) is 5.31. The van der Waals surface area contributed by atoms with E-state index < -0.39 is 0 Å². The average Bonchev–Trinajstić information content (AvgIpc) is 2.36. The van der Waals surface area contributed by atoms with E-state index in [0.717, 1.165) is 18.4 Å². The third-order valence-electron chi connectivity index (χ3n) is 3.19. The predicted octanol–water partition coefficient (Wildman–Crippen LogP) is 3.92. The molecule has 1 aromatic rings. The van der Waals surface area contributed by atoms with Gasteiger partial charge in [0.25, 0.3) is 0 Å². The van der Waals surface area contributed by atoms with Crippen molar-refractivity contribution < 1.29 is 9.13 Å². The van der Waals surface area contributed by atoms with Gasteiger partial charge in [-0.05, 0) is 44.0 Å². The molecular formula is C15H24FNO. The first-order valence-corrected chi connectivity index (χ1v) is 6.68. The van der Waals surface area contributed by atoms with E-state index in [1.807, 2.05) is 20.0 Å². The van der Waals surface area contributed by atoms with Gasteiger partial charge >= 0.3 is 0 Å². The molecule has 0 saturated heterocycles. The highest BCUT2D eigenvalue weighted by molar-refractivity contribution is 5.30. The number of halogens is 1. The molecule has 0 aliphatic rings. The molecule has 0 fully saturated rings. The van der Waals surface area contributed by atoms with E-state index in [1.54, 1.807) is 12.1 Å². The molecular weight excluding hydrogens is 229 g/mol. The van der Waals surface area contributed by atoms with Crippen LogP contribution in [0.3, 0.4) is 0 Å². The molecule has 0 spiro atoms. The van der Waals surface area contributed by atoms with Gasteiger partial charge in [0.2, 0.25) is 0 Å². The molecule has 0 amide bonds. The van der Waals surface area contributed by atoms with Crippen LogP contribution >= 0.6 is 0 Å². The van der Waals surface area contributed by atoms with Gasteiger partial charge in [0.15, 0.2) is 11.6 Å². The number of ether oxygens (including phenoxy) is 1. The summed E-state index contributed by atoms with van der Waals surface area (Å²) >= 11 is 0. The summed E-state index contributed by atoms with van der Waals surface area (Å²) < 4.78 is 19.4. The van der Waals surface area contributed by atoms with Gasteiger partial charge in [-0.25, -0.2) is 4.39 Å². The molecule has 3 heteroatoms. The molecule has 2 nitrogen and oxygen atoms in total. The standard InChI is InChI=1S/C15H24FNO/c1-5-6-11(2)10-18-15-8-7-13(9-14(15)16)12(3)17-4/h7-9,11-12,17H,5-6,10H2,1-4H3. The van der Waals surface area contributed by atoms with Gasteiger partial charge in [0.05, 0.1) is 6.61 Å². The molecule has 0 aliphatic heterocycles. The van der Waals surface area contributed by atoms with E-state index in [9.17, 15) is 4.39 Å². The van der Waals surface area contributed by atoms with E-state index in [1.165, 1.54) is 0 Å². The van der Waals surface area contributed by atoms with Crippen molar-refractivity contribution in [3.05, 3.63) is 29.6 Å². The second kappa shape index (κ2) is 7.37. The lowest BCUT2D eigenvalue weighted by Gasteiger charge is -2.15. The molecule has 0 bridgehead atoms. The van der Waals surface area contributed by atoms with Crippen LogP contribution in [0, 0.1) is 11.7 Å². The zero-order valence-corrected chi connectivity index (χ0v) is 11.8. The highest BCUT2D eigenvalue weighted by Gasteiger charge is 2.10. The Bertz CT molecular complexity index is 368. The van der Waals surface area contributed by atoms with Crippen molar-refractivity contribution in [2.45, 2.75) is 39.7 Å². The van der Waals surface area contributed by atoms with Crippen molar-refractivity contribution in [3.8, 4) is 5.75 Å². The first-order chi connectivity index (χ1) is 8.58. The first kappa shape index (κ1) is 15.0. The quantitative estimate of drug-likeness (QED) is 0.795. The summed E-state index contributed by atoms with van der Waals surface area (Å²) in [7, 11) is 1.86. The molecule has 0 saturated carbocycles. The monoisotopic (exact) mass is 253 g/mol. The zero-order valence-electron chi connectivity index (χ0n) is 11.8. The van der Waals surface area contributed by atoms with Crippen molar-refractivity contribution in [1.29, 1.82) is 0 Å². The van der Waals surface area contributed by atoms with E-state index >= 15 is 0 Å². The second-order valence-electron chi connectivity index (χ2n) is 4.91. The van der Waals surface area contributed by atoms with Crippen LogP contribution in [-0.4, -0.2) is 13.7 Å². The highest BCUT2D eigenvalue weighted by Crippen LogP contribution is 2.22. The fraction of sp³-hybridized carbons (Fsp3) is 0.600. The van der Waals surface area contributed by atoms with Gasteiger partial charge in [-0.1, -0.05) is 26.3 Å². The Kier molecular flexibility index (Phi) is 6.13. The van der Waals surface area contributed by atoms with Gasteiger partial charge < -0.3 is 10.1 Å². The van der Waals surface area contributed by atoms with E-state index in [0.29, 0.717) is 18.3 Å². The van der Waals surface area contributed by atoms with Crippen LogP contribution in [0.15, 0.2) is 18.2 Å². The van der Waals surface area contributed by atoms with Crippen LogP contribution in [0.2, 0.25) is 0 Å². The largest absolute Gasteiger partial charge is 0.490 e. The average molecular weight is 253 g/mol. The summed E-state index contributed by atoms with van der Waals surface area (Å²) in [4.78, 5) is 0. The van der Waals surface area contributed by atoms with Crippen LogP contribution < -0.4 is 10.1 Å². The van der Waals surface area contributed by atoms with Crippen molar-refractivity contribution >= 4 is 0 Å². The summed E-state index contributed by atoms with van der Waals surface area (Å²) in [5.74, 6) is 0.536. The van der Waals surface area contributed by atoms with Crippen LogP contribution in [0.4, 0.5) is 4.39 Å². The normalized spacial score (nSPS) is 14.3. The fourth-order valence-corrected chi connectivity index (χ4v) is 1.88. The van der Waals surface area contributed by atoms with Gasteiger partial charge in [-0.15, -0.1) is 0 Å². The SMILES string of the molecule is CCCC(C)COc1ccc(C(C)NC)cc1F. The minimum atomic E-state index is -0.279. The van der Waals surface area contributed by atoms with E-state index in [4.69, 9.17) is 4.74 Å². The van der Waals surface area contributed by atoms with Crippen LogP contribution in [0.25, 0.3) is 0 Å². The summed E-state index contributed by atoms with van der Waals surface area (Å²) in [6.45, 7) is 6.84. The Hall–Kier alpha value is -1.09. The van der Waals surface area contributed by atoms with Crippen LogP contribution in [0.5, 0.6) is 5.75 Å².